The number of carbonyl (C=O) groups is 3. The van der Waals surface area contributed by atoms with E-state index in [0.717, 1.165) is 0 Å². The van der Waals surface area contributed by atoms with Crippen LogP contribution in [0.2, 0.25) is 0 Å². The quantitative estimate of drug-likeness (QED) is 0.289. The number of ketones is 1. The smallest absolute Gasteiger partial charge is 0.396 e. The van der Waals surface area contributed by atoms with Crippen LogP contribution in [0.3, 0.4) is 0 Å². The second-order valence-electron chi connectivity index (χ2n) is 3.63. The molecule has 1 rings (SSSR count). The lowest BCUT2D eigenvalue weighted by molar-refractivity contribution is -0.384. The standard InChI is InChI=1S/C12H12N2O6.C2H6/c1-2-20-12(17)11(16)13-7-10(15)8-3-5-9(6-4-8)14(18)19;1-2/h3-6H,2,7H2,1H3,(H,13,16);1-2H3. The number of nitro groups is 1. The minimum atomic E-state index is -1.07. The number of carbonyl (C=O) groups excluding carboxylic acids is 3. The summed E-state index contributed by atoms with van der Waals surface area (Å²) in [7, 11) is 0. The second-order valence-corrected chi connectivity index (χ2v) is 3.63. The van der Waals surface area contributed by atoms with Crippen molar-refractivity contribution < 1.29 is 24.0 Å². The van der Waals surface area contributed by atoms with Crippen LogP contribution in [0.1, 0.15) is 31.1 Å². The molecule has 0 heterocycles. The topological polar surface area (TPSA) is 116 Å². The summed E-state index contributed by atoms with van der Waals surface area (Å²) in [6, 6.07) is 4.91. The first-order chi connectivity index (χ1) is 10.5. The van der Waals surface area contributed by atoms with Gasteiger partial charge >= 0.3 is 11.9 Å². The SMILES string of the molecule is CC.CCOC(=O)C(=O)NCC(=O)c1ccc([N+](=O)[O-])cc1. The van der Waals surface area contributed by atoms with Crippen LogP contribution < -0.4 is 5.32 Å². The van der Waals surface area contributed by atoms with E-state index in [2.05, 4.69) is 10.1 Å². The molecule has 0 aromatic heterocycles. The molecule has 0 atom stereocenters. The Morgan fingerprint density at radius 2 is 1.73 bits per heavy atom. The molecule has 0 saturated heterocycles. The van der Waals surface area contributed by atoms with E-state index in [1.165, 1.54) is 24.3 Å². The van der Waals surface area contributed by atoms with E-state index in [0.29, 0.717) is 0 Å². The molecule has 1 aromatic carbocycles. The number of benzene rings is 1. The fourth-order valence-electron chi connectivity index (χ4n) is 1.30. The maximum absolute atomic E-state index is 11.7. The van der Waals surface area contributed by atoms with E-state index in [4.69, 9.17) is 0 Å². The molecule has 8 nitrogen and oxygen atoms in total. The van der Waals surface area contributed by atoms with Crippen molar-refractivity contribution in [2.75, 3.05) is 13.2 Å². The van der Waals surface area contributed by atoms with E-state index in [9.17, 15) is 24.5 Å². The van der Waals surface area contributed by atoms with E-state index >= 15 is 0 Å². The number of nitro benzene ring substituents is 1. The predicted molar refractivity (Wildman–Crippen MR) is 78.4 cm³/mol. The summed E-state index contributed by atoms with van der Waals surface area (Å²) in [6.45, 7) is 5.21. The van der Waals surface area contributed by atoms with Crippen LogP contribution in [0, 0.1) is 10.1 Å². The molecular weight excluding hydrogens is 292 g/mol. The van der Waals surface area contributed by atoms with Crippen LogP contribution in [-0.4, -0.2) is 35.7 Å². The summed E-state index contributed by atoms with van der Waals surface area (Å²) in [5, 5.41) is 12.6. The summed E-state index contributed by atoms with van der Waals surface area (Å²) >= 11 is 0. The first-order valence-corrected chi connectivity index (χ1v) is 6.68. The molecule has 0 bridgehead atoms. The molecule has 0 aliphatic carbocycles. The number of rotatable bonds is 5. The van der Waals surface area contributed by atoms with Gasteiger partial charge in [0.25, 0.3) is 5.69 Å². The minimum Gasteiger partial charge on any atom is -0.459 e. The number of nitrogens with zero attached hydrogens (tertiary/aromatic N) is 1. The van der Waals surface area contributed by atoms with Crippen molar-refractivity contribution in [2.45, 2.75) is 20.8 Å². The molecule has 1 N–H and O–H groups in total. The average Bonchev–Trinajstić information content (AvgIpc) is 2.54. The number of amides is 1. The zero-order valence-electron chi connectivity index (χ0n) is 12.6. The zero-order valence-corrected chi connectivity index (χ0v) is 12.6. The molecule has 0 radical (unpaired) electrons. The molecule has 0 unspecified atom stereocenters. The Bertz CT molecular complexity index is 539. The monoisotopic (exact) mass is 310 g/mol. The van der Waals surface area contributed by atoms with Crippen molar-refractivity contribution in [1.29, 1.82) is 0 Å². The average molecular weight is 310 g/mol. The number of Topliss-reactive ketones (excluding diaryl/α,β-unsaturated/α-hetero) is 1. The fraction of sp³-hybridized carbons (Fsp3) is 0.357. The molecule has 0 saturated carbocycles. The number of nitrogens with one attached hydrogen (secondary N) is 1. The molecular formula is C14H18N2O6. The summed E-state index contributed by atoms with van der Waals surface area (Å²) in [5.41, 5.74) is 0.0527. The lowest BCUT2D eigenvalue weighted by Gasteiger charge is -2.04. The predicted octanol–water partition coefficient (Wildman–Crippen LogP) is 1.48. The summed E-state index contributed by atoms with van der Waals surface area (Å²) in [6.07, 6.45) is 0. The molecule has 0 aliphatic rings. The van der Waals surface area contributed by atoms with Gasteiger partial charge in [0.15, 0.2) is 5.78 Å². The van der Waals surface area contributed by atoms with Crippen molar-refractivity contribution in [3.8, 4) is 0 Å². The van der Waals surface area contributed by atoms with Gasteiger partial charge < -0.3 is 10.1 Å². The Hall–Kier alpha value is -2.77. The van der Waals surface area contributed by atoms with Crippen molar-refractivity contribution in [3.05, 3.63) is 39.9 Å². The van der Waals surface area contributed by atoms with Crippen LogP contribution in [0.25, 0.3) is 0 Å². The van der Waals surface area contributed by atoms with Gasteiger partial charge in [0.2, 0.25) is 0 Å². The van der Waals surface area contributed by atoms with Gasteiger partial charge in [0.1, 0.15) is 0 Å². The highest BCUT2D eigenvalue weighted by molar-refractivity contribution is 6.32. The summed E-state index contributed by atoms with van der Waals surface area (Å²) in [5.74, 6) is -2.55. The third-order valence-electron chi connectivity index (χ3n) is 2.27. The van der Waals surface area contributed by atoms with Gasteiger partial charge in [0, 0.05) is 17.7 Å². The fourth-order valence-corrected chi connectivity index (χ4v) is 1.30. The lowest BCUT2D eigenvalue weighted by Crippen LogP contribution is -2.36. The van der Waals surface area contributed by atoms with Crippen LogP contribution in [0.4, 0.5) is 5.69 Å². The first-order valence-electron chi connectivity index (χ1n) is 6.68. The molecule has 0 fully saturated rings. The van der Waals surface area contributed by atoms with Gasteiger partial charge in [-0.2, -0.15) is 0 Å². The van der Waals surface area contributed by atoms with E-state index in [-0.39, 0.29) is 17.9 Å². The number of non-ortho nitro benzene ring substituents is 1. The van der Waals surface area contributed by atoms with Crippen LogP contribution >= 0.6 is 0 Å². The number of ether oxygens (including phenoxy) is 1. The van der Waals surface area contributed by atoms with Gasteiger partial charge in [-0.25, -0.2) is 4.79 Å². The maximum Gasteiger partial charge on any atom is 0.396 e. The van der Waals surface area contributed by atoms with E-state index < -0.39 is 29.1 Å². The van der Waals surface area contributed by atoms with Gasteiger partial charge in [-0.1, -0.05) is 13.8 Å². The Kier molecular flexibility index (Phi) is 8.77. The largest absolute Gasteiger partial charge is 0.459 e. The molecule has 0 spiro atoms. The van der Waals surface area contributed by atoms with Crippen molar-refractivity contribution in [3.63, 3.8) is 0 Å². The van der Waals surface area contributed by atoms with E-state index in [1.807, 2.05) is 13.8 Å². The summed E-state index contributed by atoms with van der Waals surface area (Å²) < 4.78 is 4.45. The van der Waals surface area contributed by atoms with E-state index in [1.54, 1.807) is 6.92 Å². The normalized spacial score (nSPS) is 9.05. The number of hydrogen-bond acceptors (Lipinski definition) is 6. The molecule has 1 aromatic rings. The molecule has 0 aliphatic heterocycles. The highest BCUT2D eigenvalue weighted by Crippen LogP contribution is 2.11. The first kappa shape index (κ1) is 19.2. The van der Waals surface area contributed by atoms with Crippen LogP contribution in [0.15, 0.2) is 24.3 Å². The van der Waals surface area contributed by atoms with Gasteiger partial charge in [-0.05, 0) is 19.1 Å². The Morgan fingerprint density at radius 1 is 1.18 bits per heavy atom. The number of esters is 1. The number of hydrogen-bond donors (Lipinski definition) is 1. The molecule has 8 heteroatoms. The zero-order chi connectivity index (χ0) is 17.1. The van der Waals surface area contributed by atoms with Crippen molar-refractivity contribution >= 4 is 23.3 Å². The summed E-state index contributed by atoms with van der Waals surface area (Å²) in [4.78, 5) is 43.7. The highest BCUT2D eigenvalue weighted by atomic mass is 16.6. The minimum absolute atomic E-state index is 0.0581. The molecule has 120 valence electrons. The van der Waals surface area contributed by atoms with Crippen LogP contribution in [0.5, 0.6) is 0 Å². The molecule has 1 amide bonds. The van der Waals surface area contributed by atoms with Gasteiger partial charge in [-0.15, -0.1) is 0 Å². The molecule has 22 heavy (non-hydrogen) atoms. The Balaban J connectivity index is 0.00000211. The van der Waals surface area contributed by atoms with Crippen molar-refractivity contribution in [1.82, 2.24) is 5.32 Å². The van der Waals surface area contributed by atoms with Gasteiger partial charge in [-0.3, -0.25) is 19.7 Å². The Labute approximate surface area is 127 Å². The maximum atomic E-state index is 11.7. The van der Waals surface area contributed by atoms with Crippen molar-refractivity contribution in [2.24, 2.45) is 0 Å². The second kappa shape index (κ2) is 10.0. The lowest BCUT2D eigenvalue weighted by atomic mass is 10.1. The van der Waals surface area contributed by atoms with Gasteiger partial charge in [0.05, 0.1) is 18.1 Å². The third-order valence-corrected chi connectivity index (χ3v) is 2.27. The van der Waals surface area contributed by atoms with Crippen LogP contribution in [-0.2, 0) is 14.3 Å². The highest BCUT2D eigenvalue weighted by Gasteiger charge is 2.16. The Morgan fingerprint density at radius 3 is 2.18 bits per heavy atom. The third kappa shape index (κ3) is 6.12.